The minimum Gasteiger partial charge on any atom is -0.493 e. The predicted octanol–water partition coefficient (Wildman–Crippen LogP) is 2.32. The van der Waals surface area contributed by atoms with E-state index in [1.165, 1.54) is 14.2 Å². The van der Waals surface area contributed by atoms with Crippen LogP contribution in [0.3, 0.4) is 0 Å². The van der Waals surface area contributed by atoms with E-state index in [1.54, 1.807) is 32.0 Å². The van der Waals surface area contributed by atoms with Gasteiger partial charge in [0, 0.05) is 12.1 Å². The lowest BCUT2D eigenvalue weighted by atomic mass is 9.82. The normalized spacial score (nSPS) is 10.9. The number of carbonyl (C=O) groups excluding carboxylic acids is 1. The highest BCUT2D eigenvalue weighted by Gasteiger charge is 2.35. The van der Waals surface area contributed by atoms with Crippen LogP contribution in [-0.2, 0) is 4.79 Å². The van der Waals surface area contributed by atoms with Crippen LogP contribution in [0.15, 0.2) is 18.2 Å². The van der Waals surface area contributed by atoms with E-state index in [0.717, 1.165) is 0 Å². The first kappa shape index (κ1) is 17.8. The molecule has 0 unspecified atom stereocenters. The number of amides is 1. The number of carboxylic acids is 1. The topological polar surface area (TPSA) is 84.9 Å². The molecule has 0 aliphatic carbocycles. The second-order valence-corrected chi connectivity index (χ2v) is 5.05. The molecule has 0 saturated carbocycles. The van der Waals surface area contributed by atoms with Crippen LogP contribution in [0.4, 0.5) is 0 Å². The van der Waals surface area contributed by atoms with E-state index in [-0.39, 0.29) is 12.5 Å². The Labute approximate surface area is 130 Å². The zero-order valence-corrected chi connectivity index (χ0v) is 13.4. The summed E-state index contributed by atoms with van der Waals surface area (Å²) in [5.74, 6) is -0.259. The van der Waals surface area contributed by atoms with Gasteiger partial charge in [-0.25, -0.2) is 0 Å². The molecule has 0 radical (unpaired) electrons. The molecule has 6 heteroatoms. The van der Waals surface area contributed by atoms with Crippen molar-refractivity contribution >= 4 is 11.9 Å². The number of benzene rings is 1. The highest BCUT2D eigenvalue weighted by Crippen LogP contribution is 2.28. The number of rotatable bonds is 8. The van der Waals surface area contributed by atoms with E-state index < -0.39 is 11.4 Å². The third-order valence-electron chi connectivity index (χ3n) is 4.04. The number of aliphatic carboxylic acids is 1. The Morgan fingerprint density at radius 3 is 2.18 bits per heavy atom. The molecule has 0 aliphatic rings. The highest BCUT2D eigenvalue weighted by molar-refractivity contribution is 5.95. The standard InChI is InChI=1S/C16H23NO5/c1-5-16(6-2,15(19)20)10-17-14(18)11-7-8-12(21-3)13(9-11)22-4/h7-9H,5-6,10H2,1-4H3,(H,17,18)(H,19,20). The van der Waals surface area contributed by atoms with Crippen LogP contribution in [-0.4, -0.2) is 37.7 Å². The van der Waals surface area contributed by atoms with Gasteiger partial charge in [-0.3, -0.25) is 9.59 Å². The molecule has 0 spiro atoms. The summed E-state index contributed by atoms with van der Waals surface area (Å²) >= 11 is 0. The Hall–Kier alpha value is -2.24. The number of ether oxygens (including phenoxy) is 2. The first-order valence-electron chi connectivity index (χ1n) is 7.17. The highest BCUT2D eigenvalue weighted by atomic mass is 16.5. The van der Waals surface area contributed by atoms with Crippen molar-refractivity contribution in [2.45, 2.75) is 26.7 Å². The van der Waals surface area contributed by atoms with Crippen molar-refractivity contribution in [1.29, 1.82) is 0 Å². The molecular formula is C16H23NO5. The summed E-state index contributed by atoms with van der Waals surface area (Å²) in [6.07, 6.45) is 0.899. The van der Waals surface area contributed by atoms with Crippen LogP contribution < -0.4 is 14.8 Å². The molecular weight excluding hydrogens is 286 g/mol. The largest absolute Gasteiger partial charge is 0.493 e. The van der Waals surface area contributed by atoms with E-state index in [0.29, 0.717) is 29.9 Å². The van der Waals surface area contributed by atoms with Crippen molar-refractivity contribution in [2.75, 3.05) is 20.8 Å². The smallest absolute Gasteiger partial charge is 0.311 e. The quantitative estimate of drug-likeness (QED) is 0.770. The maximum atomic E-state index is 12.2. The number of methoxy groups -OCH3 is 2. The van der Waals surface area contributed by atoms with Gasteiger partial charge in [0.15, 0.2) is 11.5 Å². The fraction of sp³-hybridized carbons (Fsp3) is 0.500. The molecule has 0 fully saturated rings. The van der Waals surface area contributed by atoms with Crippen LogP contribution >= 0.6 is 0 Å². The molecule has 1 rings (SSSR count). The van der Waals surface area contributed by atoms with Crippen molar-refractivity contribution in [2.24, 2.45) is 5.41 Å². The fourth-order valence-corrected chi connectivity index (χ4v) is 2.21. The summed E-state index contributed by atoms with van der Waals surface area (Å²) in [6, 6.07) is 4.81. The van der Waals surface area contributed by atoms with Crippen molar-refractivity contribution in [3.63, 3.8) is 0 Å². The Balaban J connectivity index is 2.87. The molecule has 0 heterocycles. The van der Waals surface area contributed by atoms with Crippen LogP contribution in [0.2, 0.25) is 0 Å². The number of nitrogens with one attached hydrogen (secondary N) is 1. The molecule has 122 valence electrons. The monoisotopic (exact) mass is 309 g/mol. The van der Waals surface area contributed by atoms with Gasteiger partial charge in [-0.1, -0.05) is 13.8 Å². The molecule has 0 bridgehead atoms. The molecule has 0 atom stereocenters. The number of carboxylic acid groups (broad SMARTS) is 1. The lowest BCUT2D eigenvalue weighted by Crippen LogP contribution is -2.42. The van der Waals surface area contributed by atoms with Crippen LogP contribution in [0.1, 0.15) is 37.0 Å². The van der Waals surface area contributed by atoms with Crippen molar-refractivity contribution in [3.05, 3.63) is 23.8 Å². The Morgan fingerprint density at radius 2 is 1.73 bits per heavy atom. The van der Waals surface area contributed by atoms with E-state index in [1.807, 2.05) is 0 Å². The van der Waals surface area contributed by atoms with Gasteiger partial charge in [0.05, 0.1) is 19.6 Å². The molecule has 0 aromatic heterocycles. The summed E-state index contributed by atoms with van der Waals surface area (Å²) in [7, 11) is 3.00. The summed E-state index contributed by atoms with van der Waals surface area (Å²) in [5.41, 5.74) is -0.546. The van der Waals surface area contributed by atoms with Crippen LogP contribution in [0.5, 0.6) is 11.5 Å². The average Bonchev–Trinajstić information content (AvgIpc) is 2.54. The second-order valence-electron chi connectivity index (χ2n) is 5.05. The van der Waals surface area contributed by atoms with Gasteiger partial charge >= 0.3 is 5.97 Å². The predicted molar refractivity (Wildman–Crippen MR) is 82.5 cm³/mol. The fourth-order valence-electron chi connectivity index (χ4n) is 2.21. The minimum absolute atomic E-state index is 0.0858. The number of carbonyl (C=O) groups is 2. The third kappa shape index (κ3) is 3.69. The molecule has 2 N–H and O–H groups in total. The average molecular weight is 309 g/mol. The Bertz CT molecular complexity index is 537. The van der Waals surface area contributed by atoms with Crippen molar-refractivity contribution in [1.82, 2.24) is 5.32 Å². The number of hydrogen-bond acceptors (Lipinski definition) is 4. The molecule has 0 aliphatic heterocycles. The van der Waals surface area contributed by atoms with Gasteiger partial charge in [-0.05, 0) is 31.0 Å². The third-order valence-corrected chi connectivity index (χ3v) is 4.04. The van der Waals surface area contributed by atoms with Gasteiger partial charge in [-0.2, -0.15) is 0 Å². The molecule has 0 saturated heterocycles. The second kappa shape index (κ2) is 7.68. The van der Waals surface area contributed by atoms with Gasteiger partial charge in [0.1, 0.15) is 0 Å². The maximum Gasteiger partial charge on any atom is 0.311 e. The summed E-state index contributed by atoms with van der Waals surface area (Å²) < 4.78 is 10.3. The van der Waals surface area contributed by atoms with Crippen molar-refractivity contribution in [3.8, 4) is 11.5 Å². The summed E-state index contributed by atoms with van der Waals surface area (Å²) in [5, 5.41) is 12.1. The van der Waals surface area contributed by atoms with E-state index in [9.17, 15) is 14.7 Å². The van der Waals surface area contributed by atoms with Gasteiger partial charge in [0.2, 0.25) is 0 Å². The number of hydrogen-bond donors (Lipinski definition) is 2. The first-order chi connectivity index (χ1) is 10.4. The lowest BCUT2D eigenvalue weighted by molar-refractivity contribution is -0.149. The first-order valence-corrected chi connectivity index (χ1v) is 7.17. The Morgan fingerprint density at radius 1 is 1.14 bits per heavy atom. The molecule has 1 amide bonds. The minimum atomic E-state index is -0.938. The van der Waals surface area contributed by atoms with E-state index >= 15 is 0 Å². The maximum absolute atomic E-state index is 12.2. The van der Waals surface area contributed by atoms with Crippen molar-refractivity contribution < 1.29 is 24.2 Å². The van der Waals surface area contributed by atoms with E-state index in [4.69, 9.17) is 9.47 Å². The molecule has 6 nitrogen and oxygen atoms in total. The zero-order valence-electron chi connectivity index (χ0n) is 13.4. The van der Waals surface area contributed by atoms with Gasteiger partial charge in [-0.15, -0.1) is 0 Å². The van der Waals surface area contributed by atoms with Gasteiger partial charge in [0.25, 0.3) is 5.91 Å². The molecule has 22 heavy (non-hydrogen) atoms. The summed E-state index contributed by atoms with van der Waals surface area (Å²) in [6.45, 7) is 3.70. The molecule has 1 aromatic carbocycles. The Kier molecular flexibility index (Phi) is 6.22. The van der Waals surface area contributed by atoms with Crippen LogP contribution in [0, 0.1) is 5.41 Å². The SMILES string of the molecule is CCC(CC)(CNC(=O)c1ccc(OC)c(OC)c1)C(=O)O. The zero-order chi connectivity index (χ0) is 16.8. The van der Waals surface area contributed by atoms with Crippen LogP contribution in [0.25, 0.3) is 0 Å². The van der Waals surface area contributed by atoms with E-state index in [2.05, 4.69) is 5.32 Å². The summed E-state index contributed by atoms with van der Waals surface area (Å²) in [4.78, 5) is 23.6. The van der Waals surface area contributed by atoms with Gasteiger partial charge < -0.3 is 19.9 Å². The molecule has 1 aromatic rings. The lowest BCUT2D eigenvalue weighted by Gasteiger charge is -2.26.